The molecule has 0 aliphatic carbocycles. The van der Waals surface area contributed by atoms with Crippen molar-refractivity contribution in [2.75, 3.05) is 31.3 Å². The Balaban J connectivity index is 2.59. The Labute approximate surface area is 228 Å². The molecular weight excluding hydrogens is 541 g/mol. The number of anilines is 1. The monoisotopic (exact) mass is 573 g/mol. The lowest BCUT2D eigenvalue weighted by molar-refractivity contribution is -0.140. The van der Waals surface area contributed by atoms with Gasteiger partial charge in [0.15, 0.2) is 0 Å². The van der Waals surface area contributed by atoms with Gasteiger partial charge in [0, 0.05) is 34.3 Å². The van der Waals surface area contributed by atoms with Crippen LogP contribution >= 0.6 is 23.2 Å². The van der Waals surface area contributed by atoms with Gasteiger partial charge in [0.25, 0.3) is 0 Å². The molecule has 0 unspecified atom stereocenters. The molecule has 0 bridgehead atoms. The fourth-order valence-corrected chi connectivity index (χ4v) is 5.10. The molecule has 12 heteroatoms. The molecule has 0 saturated heterocycles. The predicted octanol–water partition coefficient (Wildman–Crippen LogP) is 4.11. The highest BCUT2D eigenvalue weighted by molar-refractivity contribution is 7.92. The van der Waals surface area contributed by atoms with Crippen LogP contribution in [0.3, 0.4) is 0 Å². The second-order valence-electron chi connectivity index (χ2n) is 8.62. The first-order chi connectivity index (χ1) is 17.3. The maximum atomic E-state index is 13.8. The van der Waals surface area contributed by atoms with Crippen molar-refractivity contribution in [3.63, 3.8) is 0 Å². The topological polar surface area (TPSA) is 105 Å². The van der Waals surface area contributed by atoms with Crippen LogP contribution in [0.2, 0.25) is 10.0 Å². The highest BCUT2D eigenvalue weighted by Crippen LogP contribution is 2.34. The Hall–Kier alpha value is -2.69. The number of nitrogens with one attached hydrogen (secondary N) is 1. The molecule has 2 rings (SSSR count). The van der Waals surface area contributed by atoms with Crippen LogP contribution in [0.1, 0.15) is 32.8 Å². The Morgan fingerprint density at radius 3 is 2.16 bits per heavy atom. The van der Waals surface area contributed by atoms with Gasteiger partial charge in [-0.05, 0) is 44.5 Å². The van der Waals surface area contributed by atoms with Gasteiger partial charge in [-0.3, -0.25) is 13.9 Å². The zero-order valence-electron chi connectivity index (χ0n) is 21.7. The van der Waals surface area contributed by atoms with Crippen LogP contribution in [-0.2, 0) is 26.2 Å². The SMILES string of the molecule is CC[C@@H](C(=O)NC(C)C)N(Cc1c(Cl)cccc1Cl)C(=O)CN(c1cc(OC)ccc1OC)S(C)(=O)=O. The van der Waals surface area contributed by atoms with Crippen LogP contribution in [0.5, 0.6) is 11.5 Å². The van der Waals surface area contributed by atoms with Crippen molar-refractivity contribution >= 4 is 50.7 Å². The van der Waals surface area contributed by atoms with Crippen molar-refractivity contribution in [1.29, 1.82) is 0 Å². The normalized spacial score (nSPS) is 12.1. The second-order valence-corrected chi connectivity index (χ2v) is 11.3. The lowest BCUT2D eigenvalue weighted by Crippen LogP contribution is -2.53. The number of carbonyl (C=O) groups is 2. The van der Waals surface area contributed by atoms with E-state index in [1.54, 1.807) is 37.3 Å². The summed E-state index contributed by atoms with van der Waals surface area (Å²) >= 11 is 12.8. The molecule has 0 saturated carbocycles. The molecule has 0 fully saturated rings. The Bertz CT molecular complexity index is 1200. The van der Waals surface area contributed by atoms with Crippen molar-refractivity contribution in [2.45, 2.75) is 45.8 Å². The summed E-state index contributed by atoms with van der Waals surface area (Å²) in [4.78, 5) is 28.2. The number of carbonyl (C=O) groups excluding carboxylic acids is 2. The van der Waals surface area contributed by atoms with Crippen molar-refractivity contribution in [3.8, 4) is 11.5 Å². The summed E-state index contributed by atoms with van der Waals surface area (Å²) in [5.74, 6) is -0.403. The third-order valence-corrected chi connectivity index (χ3v) is 7.38. The van der Waals surface area contributed by atoms with Gasteiger partial charge in [-0.2, -0.15) is 0 Å². The van der Waals surface area contributed by atoms with Crippen LogP contribution in [0.25, 0.3) is 0 Å². The predicted molar refractivity (Wildman–Crippen MR) is 146 cm³/mol. The second kappa shape index (κ2) is 13.2. The smallest absolute Gasteiger partial charge is 0.244 e. The number of hydrogen-bond acceptors (Lipinski definition) is 6. The van der Waals surface area contributed by atoms with Crippen LogP contribution < -0.4 is 19.1 Å². The summed E-state index contributed by atoms with van der Waals surface area (Å²) in [7, 11) is -1.14. The molecule has 37 heavy (non-hydrogen) atoms. The van der Waals surface area contributed by atoms with Gasteiger partial charge in [0.05, 0.1) is 26.2 Å². The van der Waals surface area contributed by atoms with Crippen molar-refractivity contribution in [1.82, 2.24) is 10.2 Å². The molecule has 2 aromatic rings. The molecule has 0 radical (unpaired) electrons. The number of benzene rings is 2. The highest BCUT2D eigenvalue weighted by atomic mass is 35.5. The number of methoxy groups -OCH3 is 2. The molecule has 1 N–H and O–H groups in total. The van der Waals surface area contributed by atoms with Crippen LogP contribution in [0.15, 0.2) is 36.4 Å². The largest absolute Gasteiger partial charge is 0.497 e. The molecule has 204 valence electrons. The molecule has 2 aromatic carbocycles. The molecule has 1 atom stereocenters. The van der Waals surface area contributed by atoms with E-state index in [0.29, 0.717) is 21.4 Å². The quantitative estimate of drug-likeness (QED) is 0.409. The molecule has 0 spiro atoms. The van der Waals surface area contributed by atoms with E-state index in [9.17, 15) is 18.0 Å². The first-order valence-electron chi connectivity index (χ1n) is 11.6. The van der Waals surface area contributed by atoms with Crippen LogP contribution in [0.4, 0.5) is 5.69 Å². The first kappa shape index (κ1) is 30.5. The maximum Gasteiger partial charge on any atom is 0.244 e. The summed E-state index contributed by atoms with van der Waals surface area (Å²) < 4.78 is 37.3. The zero-order chi connectivity index (χ0) is 27.9. The molecule has 0 aliphatic heterocycles. The average Bonchev–Trinajstić information content (AvgIpc) is 2.82. The number of hydrogen-bond donors (Lipinski definition) is 1. The van der Waals surface area contributed by atoms with Gasteiger partial charge >= 0.3 is 0 Å². The third kappa shape index (κ3) is 7.90. The van der Waals surface area contributed by atoms with E-state index in [1.807, 2.05) is 13.8 Å². The highest BCUT2D eigenvalue weighted by Gasteiger charge is 2.33. The number of nitrogens with zero attached hydrogens (tertiary/aromatic N) is 2. The fourth-order valence-electron chi connectivity index (χ4n) is 3.74. The summed E-state index contributed by atoms with van der Waals surface area (Å²) in [6.45, 7) is 4.67. The van der Waals surface area contributed by atoms with E-state index in [0.717, 1.165) is 10.6 Å². The average molecular weight is 575 g/mol. The van der Waals surface area contributed by atoms with Gasteiger partial charge in [0.1, 0.15) is 24.1 Å². The zero-order valence-corrected chi connectivity index (χ0v) is 24.1. The van der Waals surface area contributed by atoms with Gasteiger partial charge in [-0.15, -0.1) is 0 Å². The summed E-state index contributed by atoms with van der Waals surface area (Å²) in [5, 5.41) is 3.46. The van der Waals surface area contributed by atoms with E-state index in [-0.39, 0.29) is 36.4 Å². The van der Waals surface area contributed by atoms with Crippen LogP contribution in [0, 0.1) is 0 Å². The third-order valence-electron chi connectivity index (χ3n) is 5.54. The van der Waals surface area contributed by atoms with Gasteiger partial charge in [-0.25, -0.2) is 8.42 Å². The molecule has 2 amide bonds. The van der Waals surface area contributed by atoms with Crippen molar-refractivity contribution < 1.29 is 27.5 Å². The number of rotatable bonds is 12. The minimum atomic E-state index is -3.97. The Morgan fingerprint density at radius 2 is 1.68 bits per heavy atom. The van der Waals surface area contributed by atoms with Gasteiger partial charge in [0.2, 0.25) is 21.8 Å². The number of amides is 2. The fraction of sp³-hybridized carbons (Fsp3) is 0.440. The van der Waals surface area contributed by atoms with Gasteiger partial charge in [-0.1, -0.05) is 36.2 Å². The molecular formula is C25H33Cl2N3O6S. The number of ether oxygens (including phenoxy) is 2. The first-order valence-corrected chi connectivity index (χ1v) is 14.2. The van der Waals surface area contributed by atoms with Gasteiger partial charge < -0.3 is 19.7 Å². The van der Waals surface area contributed by atoms with Crippen molar-refractivity contribution in [3.05, 3.63) is 52.0 Å². The van der Waals surface area contributed by atoms with E-state index in [1.165, 1.54) is 25.2 Å². The van der Waals surface area contributed by atoms with Crippen LogP contribution in [-0.4, -0.2) is 64.2 Å². The molecule has 0 aliphatic rings. The molecule has 0 heterocycles. The van der Waals surface area contributed by atoms with E-state index < -0.39 is 28.5 Å². The van der Waals surface area contributed by atoms with E-state index in [2.05, 4.69) is 5.32 Å². The standard InChI is InChI=1S/C25H33Cl2N3O6S/c1-7-21(25(32)28-16(2)3)29(14-18-19(26)9-8-10-20(18)27)24(31)15-30(37(6,33)34)22-13-17(35-4)11-12-23(22)36-5/h8-13,16,21H,7,14-15H2,1-6H3,(H,28,32)/t21-/m0/s1. The maximum absolute atomic E-state index is 13.8. The number of sulfonamides is 1. The van der Waals surface area contributed by atoms with E-state index in [4.69, 9.17) is 32.7 Å². The molecule has 9 nitrogen and oxygen atoms in total. The minimum absolute atomic E-state index is 0.103. The minimum Gasteiger partial charge on any atom is -0.497 e. The lowest BCUT2D eigenvalue weighted by atomic mass is 10.1. The molecule has 0 aromatic heterocycles. The number of halogens is 2. The Kier molecular flexibility index (Phi) is 10.9. The Morgan fingerprint density at radius 1 is 1.05 bits per heavy atom. The van der Waals surface area contributed by atoms with Crippen molar-refractivity contribution in [2.24, 2.45) is 0 Å². The summed E-state index contributed by atoms with van der Waals surface area (Å²) in [6, 6.07) is 8.47. The summed E-state index contributed by atoms with van der Waals surface area (Å²) in [6.07, 6.45) is 1.25. The lowest BCUT2D eigenvalue weighted by Gasteiger charge is -2.33. The van der Waals surface area contributed by atoms with E-state index >= 15 is 0 Å². The summed E-state index contributed by atoms with van der Waals surface area (Å²) in [5.41, 5.74) is 0.563.